The summed E-state index contributed by atoms with van der Waals surface area (Å²) in [5.74, 6) is 0. The van der Waals surface area contributed by atoms with Crippen LogP contribution in [0.1, 0.15) is 5.56 Å². The highest BCUT2D eigenvalue weighted by Crippen LogP contribution is 2.21. The molecule has 3 aromatic heterocycles. The minimum atomic E-state index is 0.675. The number of hydrogen-bond donors (Lipinski definition) is 1. The summed E-state index contributed by atoms with van der Waals surface area (Å²) in [7, 11) is 0. The first-order chi connectivity index (χ1) is 8.83. The molecule has 0 atom stereocenters. The van der Waals surface area contributed by atoms with Crippen molar-refractivity contribution in [2.45, 2.75) is 6.54 Å². The number of nitrogens with zero attached hydrogens (tertiary/aromatic N) is 3. The van der Waals surface area contributed by atoms with Crippen LogP contribution >= 0.6 is 11.6 Å². The van der Waals surface area contributed by atoms with Crippen molar-refractivity contribution in [3.8, 4) is 0 Å². The zero-order valence-corrected chi connectivity index (χ0v) is 10.3. The Morgan fingerprint density at radius 1 is 1.33 bits per heavy atom. The molecule has 0 aliphatic heterocycles. The van der Waals surface area contributed by atoms with Crippen LogP contribution in [0.4, 0.5) is 5.69 Å². The quantitative estimate of drug-likeness (QED) is 0.785. The number of aromatic nitrogens is 3. The van der Waals surface area contributed by atoms with Gasteiger partial charge < -0.3 is 9.72 Å². The van der Waals surface area contributed by atoms with E-state index >= 15 is 0 Å². The first kappa shape index (κ1) is 11.0. The molecule has 0 aliphatic carbocycles. The Hall–Kier alpha value is -2.07. The molecular weight excluding hydrogens is 248 g/mol. The van der Waals surface area contributed by atoms with Crippen molar-refractivity contribution in [2.75, 3.05) is 5.32 Å². The molecule has 0 bridgehead atoms. The van der Waals surface area contributed by atoms with Crippen LogP contribution in [0.5, 0.6) is 0 Å². The third-order valence-corrected chi connectivity index (χ3v) is 2.87. The van der Waals surface area contributed by atoms with Gasteiger partial charge in [-0.25, -0.2) is 4.98 Å². The van der Waals surface area contributed by atoms with Crippen molar-refractivity contribution >= 4 is 22.9 Å². The number of fused-ring (bicyclic) bond motifs is 1. The van der Waals surface area contributed by atoms with E-state index in [-0.39, 0.29) is 0 Å². The largest absolute Gasteiger partial charge is 0.378 e. The molecule has 0 aromatic carbocycles. The number of hydrogen-bond acceptors (Lipinski definition) is 3. The van der Waals surface area contributed by atoms with Crippen LogP contribution in [0, 0.1) is 0 Å². The van der Waals surface area contributed by atoms with Crippen LogP contribution in [-0.2, 0) is 6.54 Å². The topological polar surface area (TPSA) is 42.2 Å². The predicted octanol–water partition coefficient (Wildman–Crippen LogP) is 2.99. The van der Waals surface area contributed by atoms with Gasteiger partial charge in [0.15, 0.2) is 5.65 Å². The molecule has 18 heavy (non-hydrogen) atoms. The Kier molecular flexibility index (Phi) is 2.86. The van der Waals surface area contributed by atoms with E-state index in [2.05, 4.69) is 15.3 Å². The molecule has 0 aliphatic rings. The molecule has 0 spiro atoms. The fraction of sp³-hybridized carbons (Fsp3) is 0.0769. The lowest BCUT2D eigenvalue weighted by Gasteiger charge is -2.08. The van der Waals surface area contributed by atoms with Crippen LogP contribution in [0.2, 0.25) is 5.02 Å². The van der Waals surface area contributed by atoms with Crippen molar-refractivity contribution < 1.29 is 0 Å². The van der Waals surface area contributed by atoms with E-state index in [4.69, 9.17) is 11.6 Å². The fourth-order valence-corrected chi connectivity index (χ4v) is 2.04. The second kappa shape index (κ2) is 4.66. The van der Waals surface area contributed by atoms with Gasteiger partial charge in [-0.1, -0.05) is 17.7 Å². The lowest BCUT2D eigenvalue weighted by atomic mass is 10.3. The summed E-state index contributed by atoms with van der Waals surface area (Å²) in [5, 5.41) is 4.00. The minimum absolute atomic E-state index is 0.675. The van der Waals surface area contributed by atoms with Gasteiger partial charge in [-0.15, -0.1) is 0 Å². The molecule has 3 heterocycles. The van der Waals surface area contributed by atoms with Crippen molar-refractivity contribution in [3.05, 3.63) is 59.8 Å². The highest BCUT2D eigenvalue weighted by atomic mass is 35.5. The van der Waals surface area contributed by atoms with Gasteiger partial charge in [0, 0.05) is 37.5 Å². The number of anilines is 1. The molecule has 0 amide bonds. The van der Waals surface area contributed by atoms with Crippen molar-refractivity contribution in [3.63, 3.8) is 0 Å². The summed E-state index contributed by atoms with van der Waals surface area (Å²) in [6.45, 7) is 0.691. The summed E-state index contributed by atoms with van der Waals surface area (Å²) in [6.07, 6.45) is 9.05. The third kappa shape index (κ3) is 2.15. The van der Waals surface area contributed by atoms with Crippen molar-refractivity contribution in [2.24, 2.45) is 0 Å². The molecule has 0 saturated heterocycles. The molecule has 0 fully saturated rings. The van der Waals surface area contributed by atoms with Gasteiger partial charge >= 0.3 is 0 Å². The smallest absolute Gasteiger partial charge is 0.160 e. The Balaban J connectivity index is 1.88. The average molecular weight is 259 g/mol. The van der Waals surface area contributed by atoms with Crippen LogP contribution in [0.3, 0.4) is 0 Å². The van der Waals surface area contributed by atoms with Crippen LogP contribution in [0.15, 0.2) is 49.2 Å². The second-order valence-electron chi connectivity index (χ2n) is 3.94. The summed E-state index contributed by atoms with van der Waals surface area (Å²) in [6, 6.07) is 5.81. The maximum absolute atomic E-state index is 6.06. The molecule has 5 heteroatoms. The standard InChI is InChI=1S/C13H11ClN4/c14-11-6-12(13-16-4-5-18(13)9-11)17-8-10-2-1-3-15-7-10/h1-7,9,17H,8H2. The Bertz CT molecular complexity index is 663. The van der Waals surface area contributed by atoms with Crippen LogP contribution in [-0.4, -0.2) is 14.4 Å². The normalized spacial score (nSPS) is 10.7. The number of imidazole rings is 1. The SMILES string of the molecule is Clc1cc(NCc2cccnc2)c2nccn2c1. The average Bonchev–Trinajstić information content (AvgIpc) is 2.85. The third-order valence-electron chi connectivity index (χ3n) is 2.66. The van der Waals surface area contributed by atoms with Crippen LogP contribution in [0.25, 0.3) is 5.65 Å². The van der Waals surface area contributed by atoms with E-state index in [0.29, 0.717) is 11.6 Å². The van der Waals surface area contributed by atoms with Crippen molar-refractivity contribution in [1.82, 2.24) is 14.4 Å². The molecular formula is C13H11ClN4. The van der Waals surface area contributed by atoms with Gasteiger partial charge in [0.25, 0.3) is 0 Å². The summed E-state index contributed by atoms with van der Waals surface area (Å²) in [4.78, 5) is 8.38. The van der Waals surface area contributed by atoms with Crippen LogP contribution < -0.4 is 5.32 Å². The van der Waals surface area contributed by atoms with Crippen molar-refractivity contribution in [1.29, 1.82) is 0 Å². The highest BCUT2D eigenvalue weighted by Gasteiger charge is 2.04. The zero-order valence-electron chi connectivity index (χ0n) is 9.55. The zero-order chi connectivity index (χ0) is 12.4. The molecule has 90 valence electrons. The lowest BCUT2D eigenvalue weighted by molar-refractivity contribution is 1.10. The molecule has 3 rings (SSSR count). The highest BCUT2D eigenvalue weighted by molar-refractivity contribution is 6.30. The number of nitrogens with one attached hydrogen (secondary N) is 1. The van der Waals surface area contributed by atoms with Gasteiger partial charge in [0.2, 0.25) is 0 Å². The maximum atomic E-state index is 6.06. The Morgan fingerprint density at radius 2 is 2.28 bits per heavy atom. The molecule has 1 N–H and O–H groups in total. The Morgan fingerprint density at radius 3 is 3.11 bits per heavy atom. The first-order valence-corrected chi connectivity index (χ1v) is 5.96. The molecule has 0 saturated carbocycles. The summed E-state index contributed by atoms with van der Waals surface area (Å²) in [5.41, 5.74) is 2.89. The van der Waals surface area contributed by atoms with Gasteiger partial charge in [0.1, 0.15) is 0 Å². The second-order valence-corrected chi connectivity index (χ2v) is 4.38. The minimum Gasteiger partial charge on any atom is -0.378 e. The predicted molar refractivity (Wildman–Crippen MR) is 71.8 cm³/mol. The molecule has 0 unspecified atom stereocenters. The molecule has 3 aromatic rings. The van der Waals surface area contributed by atoms with E-state index in [1.165, 1.54) is 0 Å². The number of pyridine rings is 2. The summed E-state index contributed by atoms with van der Waals surface area (Å²) < 4.78 is 1.90. The van der Waals surface area contributed by atoms with E-state index in [1.54, 1.807) is 12.4 Å². The van der Waals surface area contributed by atoms with E-state index < -0.39 is 0 Å². The number of halogens is 1. The molecule has 0 radical (unpaired) electrons. The van der Waals surface area contributed by atoms with Gasteiger partial charge in [-0.05, 0) is 17.7 Å². The molecule has 4 nitrogen and oxygen atoms in total. The maximum Gasteiger partial charge on any atom is 0.160 e. The summed E-state index contributed by atoms with van der Waals surface area (Å²) >= 11 is 6.06. The lowest BCUT2D eigenvalue weighted by Crippen LogP contribution is -2.01. The monoisotopic (exact) mass is 258 g/mol. The van der Waals surface area contributed by atoms with Gasteiger partial charge in [-0.3, -0.25) is 4.98 Å². The van der Waals surface area contributed by atoms with Gasteiger partial charge in [-0.2, -0.15) is 0 Å². The van der Waals surface area contributed by atoms with Gasteiger partial charge in [0.05, 0.1) is 10.7 Å². The van der Waals surface area contributed by atoms with E-state index in [9.17, 15) is 0 Å². The fourth-order valence-electron chi connectivity index (χ4n) is 1.83. The Labute approximate surface area is 109 Å². The van der Waals surface area contributed by atoms with E-state index in [0.717, 1.165) is 16.9 Å². The first-order valence-electron chi connectivity index (χ1n) is 5.58. The van der Waals surface area contributed by atoms with E-state index in [1.807, 2.05) is 41.2 Å². The number of rotatable bonds is 3.